The molecule has 3 heterocycles. The van der Waals surface area contributed by atoms with Crippen LogP contribution in [0, 0.1) is 26.7 Å². The van der Waals surface area contributed by atoms with Crippen LogP contribution in [-0.2, 0) is 4.74 Å². The Balaban J connectivity index is 1.41. The summed E-state index contributed by atoms with van der Waals surface area (Å²) < 4.78 is 11.9. The number of rotatable bonds is 3. The van der Waals surface area contributed by atoms with Gasteiger partial charge in [0.05, 0.1) is 12.2 Å². The van der Waals surface area contributed by atoms with E-state index in [2.05, 4.69) is 37.8 Å². The summed E-state index contributed by atoms with van der Waals surface area (Å²) in [6.07, 6.45) is 2.73. The number of hydrogen-bond donors (Lipinski definition) is 0. The topological polar surface area (TPSA) is 45.9 Å². The average molecular weight is 399 g/mol. The van der Waals surface area contributed by atoms with E-state index in [1.165, 1.54) is 5.56 Å². The molecule has 2 aromatic rings. The van der Waals surface area contributed by atoms with E-state index in [9.17, 15) is 4.79 Å². The fourth-order valence-corrected chi connectivity index (χ4v) is 5.14. The van der Waals surface area contributed by atoms with Gasteiger partial charge in [-0.05, 0) is 64.5 Å². The number of nitrogens with zero attached hydrogens (tertiary/aromatic N) is 2. The lowest BCUT2D eigenvalue weighted by Gasteiger charge is -2.39. The van der Waals surface area contributed by atoms with Gasteiger partial charge in [-0.1, -0.05) is 12.1 Å². The molecule has 4 rings (SSSR count). The van der Waals surface area contributed by atoms with Gasteiger partial charge in [0.1, 0.15) is 5.58 Å². The molecule has 158 valence electrons. The normalized spacial score (nSPS) is 24.4. The minimum Gasteiger partial charge on any atom is -0.450 e. The van der Waals surface area contributed by atoms with Gasteiger partial charge in [-0.25, -0.2) is 0 Å². The molecule has 2 saturated heterocycles. The highest BCUT2D eigenvalue weighted by Gasteiger charge is 2.30. The molecule has 0 spiro atoms. The van der Waals surface area contributed by atoms with Gasteiger partial charge in [0.25, 0.3) is 5.91 Å². The number of ether oxygens (including phenoxy) is 1. The van der Waals surface area contributed by atoms with E-state index in [-0.39, 0.29) is 5.91 Å². The third-order valence-corrected chi connectivity index (χ3v) is 6.59. The van der Waals surface area contributed by atoms with Crippen molar-refractivity contribution < 1.29 is 13.9 Å². The minimum atomic E-state index is 0.0459. The van der Waals surface area contributed by atoms with Gasteiger partial charge >= 0.3 is 0 Å². The van der Waals surface area contributed by atoms with E-state index in [1.54, 1.807) is 0 Å². The number of piperidine rings is 1. The SMILES string of the molecule is Cc1ccc(C)c2c(C)c(C(=O)N3CCC(CN4CC(C)OC(C)C4)CC3)oc12. The zero-order valence-electron chi connectivity index (χ0n) is 18.5. The van der Waals surface area contributed by atoms with E-state index in [0.29, 0.717) is 23.9 Å². The third-order valence-electron chi connectivity index (χ3n) is 6.59. The van der Waals surface area contributed by atoms with Crippen LogP contribution in [-0.4, -0.2) is 60.6 Å². The summed E-state index contributed by atoms with van der Waals surface area (Å²) in [7, 11) is 0. The number of carbonyl (C=O) groups is 1. The summed E-state index contributed by atoms with van der Waals surface area (Å²) in [5, 5.41) is 1.10. The highest BCUT2D eigenvalue weighted by atomic mass is 16.5. The van der Waals surface area contributed by atoms with Crippen molar-refractivity contribution in [1.82, 2.24) is 9.80 Å². The molecule has 0 saturated carbocycles. The maximum Gasteiger partial charge on any atom is 0.289 e. The van der Waals surface area contributed by atoms with Gasteiger partial charge in [0.15, 0.2) is 5.76 Å². The minimum absolute atomic E-state index is 0.0459. The molecule has 5 nitrogen and oxygen atoms in total. The van der Waals surface area contributed by atoms with Crippen LogP contribution >= 0.6 is 0 Å². The van der Waals surface area contributed by atoms with Crippen LogP contribution in [0.4, 0.5) is 0 Å². The Morgan fingerprint density at radius 1 is 1.03 bits per heavy atom. The molecule has 2 aliphatic heterocycles. The first-order chi connectivity index (χ1) is 13.8. The highest BCUT2D eigenvalue weighted by molar-refractivity contribution is 6.00. The summed E-state index contributed by atoms with van der Waals surface area (Å²) in [4.78, 5) is 17.7. The molecule has 2 aliphatic rings. The number of amides is 1. The van der Waals surface area contributed by atoms with Crippen LogP contribution in [0.2, 0.25) is 0 Å². The molecule has 1 aromatic heterocycles. The number of morpholine rings is 1. The molecule has 1 aromatic carbocycles. The molecular weight excluding hydrogens is 364 g/mol. The number of hydrogen-bond acceptors (Lipinski definition) is 4. The zero-order chi connectivity index (χ0) is 20.7. The Hall–Kier alpha value is -1.85. The van der Waals surface area contributed by atoms with Crippen LogP contribution in [0.5, 0.6) is 0 Å². The van der Waals surface area contributed by atoms with Crippen molar-refractivity contribution in [3.05, 3.63) is 34.6 Å². The Labute approximate surface area is 174 Å². The van der Waals surface area contributed by atoms with Crippen LogP contribution in [0.25, 0.3) is 11.0 Å². The van der Waals surface area contributed by atoms with Gasteiger partial charge < -0.3 is 14.1 Å². The van der Waals surface area contributed by atoms with Gasteiger partial charge in [-0.15, -0.1) is 0 Å². The van der Waals surface area contributed by atoms with Crippen molar-refractivity contribution in [3.8, 4) is 0 Å². The molecule has 29 heavy (non-hydrogen) atoms. The number of aryl methyl sites for hydroxylation is 3. The lowest BCUT2D eigenvalue weighted by molar-refractivity contribution is -0.0729. The number of benzene rings is 1. The third kappa shape index (κ3) is 4.08. The smallest absolute Gasteiger partial charge is 0.289 e. The Kier molecular flexibility index (Phi) is 5.71. The summed E-state index contributed by atoms with van der Waals surface area (Å²) in [5.41, 5.74) is 4.08. The van der Waals surface area contributed by atoms with Gasteiger partial charge in [0.2, 0.25) is 0 Å². The molecule has 2 unspecified atom stereocenters. The second-order valence-corrected chi connectivity index (χ2v) is 9.17. The molecule has 0 radical (unpaired) electrons. The first-order valence-electron chi connectivity index (χ1n) is 11.0. The summed E-state index contributed by atoms with van der Waals surface area (Å²) >= 11 is 0. The van der Waals surface area contributed by atoms with E-state index in [0.717, 1.165) is 67.7 Å². The van der Waals surface area contributed by atoms with Crippen LogP contribution in [0.1, 0.15) is 53.9 Å². The van der Waals surface area contributed by atoms with Crippen molar-refractivity contribution >= 4 is 16.9 Å². The number of fused-ring (bicyclic) bond motifs is 1. The molecule has 0 bridgehead atoms. The summed E-state index contributed by atoms with van der Waals surface area (Å²) in [6, 6.07) is 4.17. The second-order valence-electron chi connectivity index (χ2n) is 9.17. The molecule has 1 amide bonds. The first kappa shape index (κ1) is 20.4. The predicted molar refractivity (Wildman–Crippen MR) is 116 cm³/mol. The van der Waals surface area contributed by atoms with E-state index >= 15 is 0 Å². The lowest BCUT2D eigenvalue weighted by Crippen LogP contribution is -2.48. The fourth-order valence-electron chi connectivity index (χ4n) is 5.14. The summed E-state index contributed by atoms with van der Waals surface area (Å²) in [6.45, 7) is 15.2. The van der Waals surface area contributed by atoms with Gasteiger partial charge in [0, 0.05) is 43.7 Å². The molecular formula is C24H34N2O3. The van der Waals surface area contributed by atoms with Gasteiger partial charge in [-0.3, -0.25) is 9.69 Å². The first-order valence-corrected chi connectivity index (χ1v) is 11.0. The quantitative estimate of drug-likeness (QED) is 0.772. The number of furan rings is 1. The van der Waals surface area contributed by atoms with Crippen LogP contribution in [0.15, 0.2) is 16.5 Å². The van der Waals surface area contributed by atoms with Crippen molar-refractivity contribution in [1.29, 1.82) is 0 Å². The Morgan fingerprint density at radius 3 is 2.28 bits per heavy atom. The predicted octanol–water partition coefficient (Wildman–Crippen LogP) is 4.32. The fraction of sp³-hybridized carbons (Fsp3) is 0.625. The van der Waals surface area contributed by atoms with E-state index in [1.807, 2.05) is 18.7 Å². The van der Waals surface area contributed by atoms with Crippen LogP contribution in [0.3, 0.4) is 0 Å². The molecule has 5 heteroatoms. The van der Waals surface area contributed by atoms with E-state index in [4.69, 9.17) is 9.15 Å². The average Bonchev–Trinajstić information content (AvgIpc) is 3.03. The molecule has 2 atom stereocenters. The molecule has 0 aliphatic carbocycles. The molecule has 0 N–H and O–H groups in total. The second kappa shape index (κ2) is 8.11. The van der Waals surface area contributed by atoms with Crippen LogP contribution < -0.4 is 0 Å². The Morgan fingerprint density at radius 2 is 1.66 bits per heavy atom. The lowest BCUT2D eigenvalue weighted by atomic mass is 9.95. The number of carbonyl (C=O) groups excluding carboxylic acids is 1. The van der Waals surface area contributed by atoms with Crippen molar-refractivity contribution in [3.63, 3.8) is 0 Å². The van der Waals surface area contributed by atoms with E-state index < -0.39 is 0 Å². The maximum absolute atomic E-state index is 13.2. The monoisotopic (exact) mass is 398 g/mol. The highest BCUT2D eigenvalue weighted by Crippen LogP contribution is 2.32. The van der Waals surface area contributed by atoms with Crippen molar-refractivity contribution in [2.24, 2.45) is 5.92 Å². The standard InChI is InChI=1S/C24H34N2O3/c1-15-6-7-16(2)22-21(15)19(5)23(29-22)24(27)26-10-8-20(9-11-26)14-25-12-17(3)28-18(4)13-25/h6-7,17-18,20H,8-14H2,1-5H3. The number of likely N-dealkylation sites (tertiary alicyclic amines) is 1. The maximum atomic E-state index is 13.2. The van der Waals surface area contributed by atoms with Crippen molar-refractivity contribution in [2.45, 2.75) is 59.7 Å². The summed E-state index contributed by atoms with van der Waals surface area (Å²) in [5.74, 6) is 1.22. The van der Waals surface area contributed by atoms with Crippen molar-refractivity contribution in [2.75, 3.05) is 32.7 Å². The Bertz CT molecular complexity index is 885. The molecule has 2 fully saturated rings. The van der Waals surface area contributed by atoms with Gasteiger partial charge in [-0.2, -0.15) is 0 Å². The zero-order valence-corrected chi connectivity index (χ0v) is 18.5. The largest absolute Gasteiger partial charge is 0.450 e.